The van der Waals surface area contributed by atoms with Crippen molar-refractivity contribution >= 4 is 29.3 Å². The van der Waals surface area contributed by atoms with Crippen LogP contribution in [0.15, 0.2) is 18.6 Å². The number of fused-ring (bicyclic) bond motifs is 1. The van der Waals surface area contributed by atoms with Gasteiger partial charge in [0.05, 0.1) is 5.39 Å². The predicted molar refractivity (Wildman–Crippen MR) is 70.5 cm³/mol. The first-order valence-corrected chi connectivity index (χ1v) is 5.52. The van der Waals surface area contributed by atoms with Crippen LogP contribution in [0.1, 0.15) is 12.8 Å². The second kappa shape index (κ2) is 4.50. The van der Waals surface area contributed by atoms with E-state index in [0.717, 1.165) is 29.7 Å². The SMILES string of the molecule is CN(c1ncnc2[nH]ccc12)[C@H]1C[C@@H](N)C1.Cl. The van der Waals surface area contributed by atoms with Gasteiger partial charge in [-0.15, -0.1) is 12.4 Å². The highest BCUT2D eigenvalue weighted by molar-refractivity contribution is 5.87. The number of halogens is 1. The van der Waals surface area contributed by atoms with Crippen LogP contribution in [0.5, 0.6) is 0 Å². The van der Waals surface area contributed by atoms with Gasteiger partial charge in [-0.25, -0.2) is 9.97 Å². The van der Waals surface area contributed by atoms with Gasteiger partial charge in [-0.05, 0) is 18.9 Å². The second-order valence-electron chi connectivity index (χ2n) is 4.43. The van der Waals surface area contributed by atoms with Crippen molar-refractivity contribution in [2.24, 2.45) is 5.73 Å². The maximum Gasteiger partial charge on any atom is 0.142 e. The molecule has 1 saturated carbocycles. The van der Waals surface area contributed by atoms with E-state index in [9.17, 15) is 0 Å². The first-order valence-electron chi connectivity index (χ1n) is 5.52. The van der Waals surface area contributed by atoms with Crippen LogP contribution < -0.4 is 10.6 Å². The van der Waals surface area contributed by atoms with Crippen molar-refractivity contribution in [3.63, 3.8) is 0 Å². The van der Waals surface area contributed by atoms with Crippen molar-refractivity contribution in [1.82, 2.24) is 15.0 Å². The van der Waals surface area contributed by atoms with Crippen molar-refractivity contribution < 1.29 is 0 Å². The van der Waals surface area contributed by atoms with E-state index in [4.69, 9.17) is 5.73 Å². The zero-order valence-electron chi connectivity index (χ0n) is 9.63. The molecule has 0 unspecified atom stereocenters. The van der Waals surface area contributed by atoms with Crippen LogP contribution in [-0.4, -0.2) is 34.1 Å². The molecule has 2 heterocycles. The van der Waals surface area contributed by atoms with E-state index in [1.807, 2.05) is 12.3 Å². The Morgan fingerprint density at radius 2 is 2.18 bits per heavy atom. The summed E-state index contributed by atoms with van der Waals surface area (Å²) in [5.41, 5.74) is 6.70. The highest BCUT2D eigenvalue weighted by Gasteiger charge is 2.30. The van der Waals surface area contributed by atoms with Crippen LogP contribution in [0.4, 0.5) is 5.82 Å². The number of nitrogens with zero attached hydrogens (tertiary/aromatic N) is 3. The predicted octanol–water partition coefficient (Wildman–Crippen LogP) is 1.31. The summed E-state index contributed by atoms with van der Waals surface area (Å²) in [5, 5.41) is 1.07. The van der Waals surface area contributed by atoms with Crippen LogP contribution in [0.3, 0.4) is 0 Å². The second-order valence-corrected chi connectivity index (χ2v) is 4.43. The maximum absolute atomic E-state index is 5.81. The molecule has 0 atom stereocenters. The molecule has 1 aliphatic rings. The smallest absolute Gasteiger partial charge is 0.142 e. The third-order valence-electron chi connectivity index (χ3n) is 3.36. The van der Waals surface area contributed by atoms with Crippen LogP contribution in [0, 0.1) is 0 Å². The fourth-order valence-electron chi connectivity index (χ4n) is 2.26. The molecule has 1 aliphatic carbocycles. The highest BCUT2D eigenvalue weighted by Crippen LogP contribution is 2.29. The van der Waals surface area contributed by atoms with Gasteiger partial charge in [0.1, 0.15) is 17.8 Å². The van der Waals surface area contributed by atoms with E-state index in [-0.39, 0.29) is 12.4 Å². The van der Waals surface area contributed by atoms with Gasteiger partial charge in [0.2, 0.25) is 0 Å². The number of hydrogen-bond donors (Lipinski definition) is 2. The average Bonchev–Trinajstić information content (AvgIpc) is 2.71. The van der Waals surface area contributed by atoms with Crippen molar-refractivity contribution in [2.75, 3.05) is 11.9 Å². The van der Waals surface area contributed by atoms with Gasteiger partial charge >= 0.3 is 0 Å². The molecule has 3 N–H and O–H groups in total. The third-order valence-corrected chi connectivity index (χ3v) is 3.36. The fourth-order valence-corrected chi connectivity index (χ4v) is 2.26. The lowest BCUT2D eigenvalue weighted by atomic mass is 9.86. The van der Waals surface area contributed by atoms with Gasteiger partial charge < -0.3 is 15.6 Å². The average molecular weight is 254 g/mol. The summed E-state index contributed by atoms with van der Waals surface area (Å²) < 4.78 is 0. The molecule has 0 saturated heterocycles. The number of nitrogens with one attached hydrogen (secondary N) is 1. The van der Waals surface area contributed by atoms with E-state index >= 15 is 0 Å². The topological polar surface area (TPSA) is 70.8 Å². The molecule has 0 radical (unpaired) electrons. The first kappa shape index (κ1) is 12.1. The van der Waals surface area contributed by atoms with E-state index in [0.29, 0.717) is 12.1 Å². The number of H-pyrrole nitrogens is 1. The monoisotopic (exact) mass is 253 g/mol. The summed E-state index contributed by atoms with van der Waals surface area (Å²) in [6.07, 6.45) is 5.59. The molecule has 0 bridgehead atoms. The van der Waals surface area contributed by atoms with E-state index in [1.165, 1.54) is 0 Å². The minimum atomic E-state index is 0. The lowest BCUT2D eigenvalue weighted by molar-refractivity contribution is 0.339. The standard InChI is InChI=1S/C11H15N5.ClH/c1-16(8-4-7(12)5-8)11-9-2-3-13-10(9)14-6-15-11;/h2-3,6-8H,4-5,12H2,1H3,(H,13,14,15);1H/t7-,8+;. The van der Waals surface area contributed by atoms with Gasteiger partial charge in [-0.1, -0.05) is 0 Å². The number of aromatic nitrogens is 3. The Hall–Kier alpha value is -1.33. The fraction of sp³-hybridized carbons (Fsp3) is 0.455. The molecule has 0 amide bonds. The Balaban J connectivity index is 0.00000108. The number of nitrogens with two attached hydrogens (primary N) is 1. The molecule has 5 nitrogen and oxygen atoms in total. The van der Waals surface area contributed by atoms with Gasteiger partial charge in [-0.3, -0.25) is 0 Å². The summed E-state index contributed by atoms with van der Waals surface area (Å²) in [4.78, 5) is 13.9. The first-order chi connectivity index (χ1) is 7.75. The van der Waals surface area contributed by atoms with Crippen molar-refractivity contribution in [3.05, 3.63) is 18.6 Å². The molecule has 0 aliphatic heterocycles. The molecule has 0 spiro atoms. The van der Waals surface area contributed by atoms with Crippen molar-refractivity contribution in [1.29, 1.82) is 0 Å². The lowest BCUT2D eigenvalue weighted by Gasteiger charge is -2.40. The lowest BCUT2D eigenvalue weighted by Crippen LogP contribution is -2.49. The zero-order chi connectivity index (χ0) is 11.1. The van der Waals surface area contributed by atoms with Crippen LogP contribution in [0.25, 0.3) is 11.0 Å². The zero-order valence-corrected chi connectivity index (χ0v) is 10.4. The van der Waals surface area contributed by atoms with Crippen LogP contribution >= 0.6 is 12.4 Å². The van der Waals surface area contributed by atoms with E-state index in [2.05, 4.69) is 26.9 Å². The Labute approximate surface area is 106 Å². The van der Waals surface area contributed by atoms with Gasteiger partial charge in [-0.2, -0.15) is 0 Å². The summed E-state index contributed by atoms with van der Waals surface area (Å²) in [7, 11) is 2.07. The van der Waals surface area contributed by atoms with Gasteiger partial charge in [0, 0.05) is 25.3 Å². The summed E-state index contributed by atoms with van der Waals surface area (Å²) in [6, 6.07) is 2.89. The summed E-state index contributed by atoms with van der Waals surface area (Å²) >= 11 is 0. The maximum atomic E-state index is 5.81. The molecule has 92 valence electrons. The molecule has 2 aromatic heterocycles. The highest BCUT2D eigenvalue weighted by atomic mass is 35.5. The Kier molecular flexibility index (Phi) is 3.22. The molecule has 3 rings (SSSR count). The molecule has 1 fully saturated rings. The van der Waals surface area contributed by atoms with Crippen LogP contribution in [-0.2, 0) is 0 Å². The van der Waals surface area contributed by atoms with Gasteiger partial charge in [0.15, 0.2) is 0 Å². The van der Waals surface area contributed by atoms with Crippen LogP contribution in [0.2, 0.25) is 0 Å². The largest absolute Gasteiger partial charge is 0.356 e. The van der Waals surface area contributed by atoms with Crippen molar-refractivity contribution in [2.45, 2.75) is 24.9 Å². The minimum absolute atomic E-state index is 0. The number of anilines is 1. The Morgan fingerprint density at radius 3 is 2.88 bits per heavy atom. The molecule has 0 aromatic carbocycles. The van der Waals surface area contributed by atoms with E-state index < -0.39 is 0 Å². The minimum Gasteiger partial charge on any atom is -0.356 e. The molecule has 17 heavy (non-hydrogen) atoms. The summed E-state index contributed by atoms with van der Waals surface area (Å²) in [6.45, 7) is 0. The molecule has 2 aromatic rings. The molecular formula is C11H16ClN5. The number of aromatic amines is 1. The quantitative estimate of drug-likeness (QED) is 0.847. The third kappa shape index (κ3) is 1.96. The van der Waals surface area contributed by atoms with Crippen molar-refractivity contribution in [3.8, 4) is 0 Å². The number of hydrogen-bond acceptors (Lipinski definition) is 4. The van der Waals surface area contributed by atoms with Gasteiger partial charge in [0.25, 0.3) is 0 Å². The number of rotatable bonds is 2. The molecule has 6 heteroatoms. The Bertz CT molecular complexity index is 505. The summed E-state index contributed by atoms with van der Waals surface area (Å²) in [5.74, 6) is 0.989. The Morgan fingerprint density at radius 1 is 1.41 bits per heavy atom. The van der Waals surface area contributed by atoms with E-state index in [1.54, 1.807) is 6.33 Å². The molecular weight excluding hydrogens is 238 g/mol. The normalized spacial score (nSPS) is 22.9.